The van der Waals surface area contributed by atoms with Crippen molar-refractivity contribution in [1.82, 2.24) is 9.88 Å². The van der Waals surface area contributed by atoms with Crippen LogP contribution < -0.4 is 9.64 Å². The van der Waals surface area contributed by atoms with Gasteiger partial charge in [-0.2, -0.15) is 0 Å². The van der Waals surface area contributed by atoms with Gasteiger partial charge in [-0.25, -0.2) is 0 Å². The quantitative estimate of drug-likeness (QED) is 0.771. The highest BCUT2D eigenvalue weighted by Gasteiger charge is 2.17. The lowest BCUT2D eigenvalue weighted by atomic mass is 10.1. The molecule has 0 fully saturated rings. The van der Waals surface area contributed by atoms with Gasteiger partial charge < -0.3 is 14.5 Å². The number of rotatable bonds is 5. The molecule has 0 saturated heterocycles. The molecule has 1 heterocycles. The molecule has 5 nitrogen and oxygen atoms in total. The number of pyridine rings is 1. The third-order valence-electron chi connectivity index (χ3n) is 3.38. The Balaban J connectivity index is 2.38. The van der Waals surface area contributed by atoms with Crippen LogP contribution in [0.1, 0.15) is 12.8 Å². The third-order valence-corrected chi connectivity index (χ3v) is 3.38. The SMILES string of the molecule is COc1cncc(N(C)C2=C(N(C)C=O)C=CCC2)c1. The number of aromatic nitrogens is 1. The molecule has 106 valence electrons. The Kier molecular flexibility index (Phi) is 4.40. The Labute approximate surface area is 119 Å². The van der Waals surface area contributed by atoms with E-state index in [0.717, 1.165) is 36.3 Å². The molecular weight excluding hydrogens is 254 g/mol. The summed E-state index contributed by atoms with van der Waals surface area (Å²) in [5.41, 5.74) is 2.94. The number of allylic oxidation sites excluding steroid dienone is 3. The predicted molar refractivity (Wildman–Crippen MR) is 78.4 cm³/mol. The number of nitrogens with zero attached hydrogens (tertiary/aromatic N) is 3. The van der Waals surface area contributed by atoms with Crippen molar-refractivity contribution in [2.45, 2.75) is 12.8 Å². The van der Waals surface area contributed by atoms with Crippen molar-refractivity contribution in [1.29, 1.82) is 0 Å². The predicted octanol–water partition coefficient (Wildman–Crippen LogP) is 2.18. The summed E-state index contributed by atoms with van der Waals surface area (Å²) in [5, 5.41) is 0. The zero-order valence-electron chi connectivity index (χ0n) is 12.0. The third kappa shape index (κ3) is 2.82. The highest BCUT2D eigenvalue weighted by molar-refractivity contribution is 5.59. The second-order valence-corrected chi connectivity index (χ2v) is 4.63. The van der Waals surface area contributed by atoms with E-state index in [1.807, 2.05) is 24.1 Å². The molecule has 1 aromatic heterocycles. The van der Waals surface area contributed by atoms with E-state index >= 15 is 0 Å². The number of carbonyl (C=O) groups is 1. The van der Waals surface area contributed by atoms with Gasteiger partial charge in [0.15, 0.2) is 0 Å². The van der Waals surface area contributed by atoms with Crippen LogP contribution in [0.4, 0.5) is 5.69 Å². The van der Waals surface area contributed by atoms with Gasteiger partial charge in [-0.05, 0) is 18.9 Å². The summed E-state index contributed by atoms with van der Waals surface area (Å²) in [6.45, 7) is 0. The topological polar surface area (TPSA) is 45.7 Å². The minimum atomic E-state index is 0.714. The maximum atomic E-state index is 11.0. The number of amides is 1. The first-order chi connectivity index (χ1) is 9.67. The fraction of sp³-hybridized carbons (Fsp3) is 0.333. The van der Waals surface area contributed by atoms with E-state index in [9.17, 15) is 4.79 Å². The fourth-order valence-corrected chi connectivity index (χ4v) is 2.22. The molecule has 5 heteroatoms. The van der Waals surface area contributed by atoms with Crippen LogP contribution in [-0.2, 0) is 4.79 Å². The van der Waals surface area contributed by atoms with Crippen molar-refractivity contribution < 1.29 is 9.53 Å². The molecule has 1 aliphatic rings. The molecule has 0 atom stereocenters. The molecule has 0 saturated carbocycles. The standard InChI is InChI=1S/C15H19N3O2/c1-17(11-19)14-6-4-5-7-15(14)18(2)12-8-13(20-3)10-16-9-12/h4,6,8-11H,5,7H2,1-3H3. The van der Waals surface area contributed by atoms with Crippen molar-refractivity contribution in [3.8, 4) is 5.75 Å². The van der Waals surface area contributed by atoms with Crippen LogP contribution in [0, 0.1) is 0 Å². The molecule has 1 aliphatic carbocycles. The maximum Gasteiger partial charge on any atom is 0.213 e. The smallest absolute Gasteiger partial charge is 0.213 e. The highest BCUT2D eigenvalue weighted by Crippen LogP contribution is 2.28. The first-order valence-corrected chi connectivity index (χ1v) is 6.48. The average Bonchev–Trinajstić information content (AvgIpc) is 2.53. The molecule has 0 aliphatic heterocycles. The van der Waals surface area contributed by atoms with E-state index in [1.165, 1.54) is 0 Å². The summed E-state index contributed by atoms with van der Waals surface area (Å²) < 4.78 is 5.20. The Bertz CT molecular complexity index is 552. The molecule has 0 bridgehead atoms. The van der Waals surface area contributed by atoms with Gasteiger partial charge in [0.2, 0.25) is 6.41 Å². The van der Waals surface area contributed by atoms with Crippen LogP contribution in [-0.4, -0.2) is 37.5 Å². The van der Waals surface area contributed by atoms with Gasteiger partial charge in [-0.1, -0.05) is 6.08 Å². The Morgan fingerprint density at radius 3 is 2.85 bits per heavy atom. The number of carbonyl (C=O) groups excluding carboxylic acids is 1. The molecule has 0 spiro atoms. The number of hydrogen-bond donors (Lipinski definition) is 0. The molecule has 20 heavy (non-hydrogen) atoms. The normalized spacial score (nSPS) is 14.2. The second kappa shape index (κ2) is 6.23. The highest BCUT2D eigenvalue weighted by atomic mass is 16.5. The minimum absolute atomic E-state index is 0.714. The summed E-state index contributed by atoms with van der Waals surface area (Å²) in [6.07, 6.45) is 10.2. The summed E-state index contributed by atoms with van der Waals surface area (Å²) in [4.78, 5) is 18.8. The van der Waals surface area contributed by atoms with Crippen molar-refractivity contribution in [3.05, 3.63) is 42.0 Å². The van der Waals surface area contributed by atoms with Crippen LogP contribution >= 0.6 is 0 Å². The lowest BCUT2D eigenvalue weighted by Gasteiger charge is -2.29. The molecular formula is C15H19N3O2. The van der Waals surface area contributed by atoms with E-state index in [4.69, 9.17) is 4.74 Å². The van der Waals surface area contributed by atoms with Crippen molar-refractivity contribution >= 4 is 12.1 Å². The van der Waals surface area contributed by atoms with Gasteiger partial charge in [0, 0.05) is 25.9 Å². The largest absolute Gasteiger partial charge is 0.495 e. The molecule has 0 aromatic carbocycles. The van der Waals surface area contributed by atoms with Crippen molar-refractivity contribution in [2.24, 2.45) is 0 Å². The number of methoxy groups -OCH3 is 1. The number of hydrogen-bond acceptors (Lipinski definition) is 4. The fourth-order valence-electron chi connectivity index (χ4n) is 2.22. The minimum Gasteiger partial charge on any atom is -0.495 e. The molecule has 0 radical (unpaired) electrons. The number of anilines is 1. The van der Waals surface area contributed by atoms with Gasteiger partial charge in [0.05, 0.1) is 30.9 Å². The van der Waals surface area contributed by atoms with Crippen molar-refractivity contribution in [2.75, 3.05) is 26.1 Å². The maximum absolute atomic E-state index is 11.0. The summed E-state index contributed by atoms with van der Waals surface area (Å²) in [7, 11) is 5.36. The second-order valence-electron chi connectivity index (χ2n) is 4.63. The molecule has 0 unspecified atom stereocenters. The molecule has 1 amide bonds. The van der Waals surface area contributed by atoms with Gasteiger partial charge in [-0.3, -0.25) is 9.78 Å². The lowest BCUT2D eigenvalue weighted by molar-refractivity contribution is -0.115. The van der Waals surface area contributed by atoms with Gasteiger partial charge >= 0.3 is 0 Å². The lowest BCUT2D eigenvalue weighted by Crippen LogP contribution is -2.26. The summed E-state index contributed by atoms with van der Waals surface area (Å²) in [5.74, 6) is 0.714. The Hall–Kier alpha value is -2.30. The van der Waals surface area contributed by atoms with Crippen LogP contribution in [0.2, 0.25) is 0 Å². The summed E-state index contributed by atoms with van der Waals surface area (Å²) >= 11 is 0. The van der Waals surface area contributed by atoms with Crippen LogP contribution in [0.15, 0.2) is 42.0 Å². The van der Waals surface area contributed by atoms with Crippen molar-refractivity contribution in [3.63, 3.8) is 0 Å². The van der Waals surface area contributed by atoms with Crippen LogP contribution in [0.5, 0.6) is 5.75 Å². The summed E-state index contributed by atoms with van der Waals surface area (Å²) in [6, 6.07) is 1.93. The van der Waals surface area contributed by atoms with E-state index < -0.39 is 0 Å². The van der Waals surface area contributed by atoms with E-state index in [0.29, 0.717) is 5.75 Å². The van der Waals surface area contributed by atoms with E-state index in [-0.39, 0.29) is 0 Å². The zero-order chi connectivity index (χ0) is 14.5. The van der Waals surface area contributed by atoms with E-state index in [2.05, 4.69) is 11.1 Å². The first kappa shape index (κ1) is 14.1. The van der Waals surface area contributed by atoms with Gasteiger partial charge in [0.1, 0.15) is 5.75 Å². The zero-order valence-corrected chi connectivity index (χ0v) is 12.0. The van der Waals surface area contributed by atoms with Gasteiger partial charge in [0.25, 0.3) is 0 Å². The van der Waals surface area contributed by atoms with Gasteiger partial charge in [-0.15, -0.1) is 0 Å². The Morgan fingerprint density at radius 2 is 2.15 bits per heavy atom. The Morgan fingerprint density at radius 1 is 1.35 bits per heavy atom. The molecule has 0 N–H and O–H groups in total. The number of likely N-dealkylation sites (N-methyl/N-ethyl adjacent to an activating group) is 1. The monoisotopic (exact) mass is 273 g/mol. The number of ether oxygens (including phenoxy) is 1. The average molecular weight is 273 g/mol. The first-order valence-electron chi connectivity index (χ1n) is 6.48. The van der Waals surface area contributed by atoms with Crippen LogP contribution in [0.3, 0.4) is 0 Å². The van der Waals surface area contributed by atoms with E-state index in [1.54, 1.807) is 31.5 Å². The molecule has 2 rings (SSSR count). The van der Waals surface area contributed by atoms with Crippen LogP contribution in [0.25, 0.3) is 0 Å². The molecule has 1 aromatic rings.